The van der Waals surface area contributed by atoms with Crippen molar-refractivity contribution in [3.63, 3.8) is 0 Å². The summed E-state index contributed by atoms with van der Waals surface area (Å²) in [6, 6.07) is 22.4. The van der Waals surface area contributed by atoms with Crippen molar-refractivity contribution in [2.75, 3.05) is 5.32 Å². The monoisotopic (exact) mass is 413 g/mol. The van der Waals surface area contributed by atoms with Gasteiger partial charge in [0.2, 0.25) is 0 Å². The minimum Gasteiger partial charge on any atom is -0.450 e. The number of rotatable bonds is 4. The zero-order valence-electron chi connectivity index (χ0n) is 16.0. The van der Waals surface area contributed by atoms with Crippen molar-refractivity contribution >= 4 is 51.0 Å². The van der Waals surface area contributed by atoms with Crippen molar-refractivity contribution in [2.24, 2.45) is 0 Å². The fourth-order valence-electron chi connectivity index (χ4n) is 3.33. The van der Waals surface area contributed by atoms with Gasteiger partial charge in [0.25, 0.3) is 0 Å². The SMILES string of the molecule is CC(=O)c1ccc(Nc2nc(-c3ccc(Cl)cc3)nc3c2oc2ccccc23)cc1. The fraction of sp³-hybridized carbons (Fsp3) is 0.0417. The van der Waals surface area contributed by atoms with Crippen LogP contribution < -0.4 is 5.32 Å². The van der Waals surface area contributed by atoms with E-state index in [9.17, 15) is 4.79 Å². The summed E-state index contributed by atoms with van der Waals surface area (Å²) in [7, 11) is 0. The van der Waals surface area contributed by atoms with Crippen LogP contribution in [-0.4, -0.2) is 15.8 Å². The van der Waals surface area contributed by atoms with Gasteiger partial charge in [-0.15, -0.1) is 0 Å². The molecule has 0 saturated carbocycles. The number of benzene rings is 3. The maximum absolute atomic E-state index is 11.5. The van der Waals surface area contributed by atoms with E-state index in [1.807, 2.05) is 60.7 Å². The van der Waals surface area contributed by atoms with Gasteiger partial charge in [-0.05, 0) is 67.6 Å². The van der Waals surface area contributed by atoms with Gasteiger partial charge in [0.1, 0.15) is 11.1 Å². The van der Waals surface area contributed by atoms with Crippen LogP contribution in [0.4, 0.5) is 11.5 Å². The third-order valence-corrected chi connectivity index (χ3v) is 5.13. The molecule has 5 nitrogen and oxygen atoms in total. The van der Waals surface area contributed by atoms with Gasteiger partial charge in [0, 0.05) is 27.2 Å². The predicted octanol–water partition coefficient (Wildman–Crippen LogP) is 6.64. The van der Waals surface area contributed by atoms with Gasteiger partial charge in [0.15, 0.2) is 23.0 Å². The second kappa shape index (κ2) is 7.28. The summed E-state index contributed by atoms with van der Waals surface area (Å²) in [4.78, 5) is 21.0. The van der Waals surface area contributed by atoms with Crippen LogP contribution in [0.5, 0.6) is 0 Å². The largest absolute Gasteiger partial charge is 0.450 e. The van der Waals surface area contributed by atoms with E-state index in [4.69, 9.17) is 26.0 Å². The smallest absolute Gasteiger partial charge is 0.196 e. The Labute approximate surface area is 177 Å². The first-order valence-electron chi connectivity index (χ1n) is 9.42. The topological polar surface area (TPSA) is 68.0 Å². The molecule has 0 bridgehead atoms. The maximum atomic E-state index is 11.5. The molecule has 0 unspecified atom stereocenters. The Morgan fingerprint density at radius 1 is 0.933 bits per heavy atom. The molecule has 1 N–H and O–H groups in total. The lowest BCUT2D eigenvalue weighted by Gasteiger charge is -2.09. The van der Waals surface area contributed by atoms with Crippen LogP contribution in [0.15, 0.2) is 77.2 Å². The average Bonchev–Trinajstić information content (AvgIpc) is 3.14. The lowest BCUT2D eigenvalue weighted by Crippen LogP contribution is -1.99. The number of furan rings is 1. The van der Waals surface area contributed by atoms with E-state index in [2.05, 4.69) is 5.32 Å². The Kier molecular flexibility index (Phi) is 4.45. The van der Waals surface area contributed by atoms with Crippen molar-refractivity contribution in [2.45, 2.75) is 6.92 Å². The Hall–Kier alpha value is -3.70. The minimum absolute atomic E-state index is 0.0216. The van der Waals surface area contributed by atoms with Gasteiger partial charge in [-0.1, -0.05) is 23.7 Å². The number of anilines is 2. The van der Waals surface area contributed by atoms with E-state index < -0.39 is 0 Å². The van der Waals surface area contributed by atoms with Gasteiger partial charge in [-0.3, -0.25) is 4.79 Å². The molecule has 2 heterocycles. The summed E-state index contributed by atoms with van der Waals surface area (Å²) in [6.45, 7) is 1.54. The van der Waals surface area contributed by atoms with Gasteiger partial charge >= 0.3 is 0 Å². The second-order valence-corrected chi connectivity index (χ2v) is 7.37. The average molecular weight is 414 g/mol. The van der Waals surface area contributed by atoms with Crippen molar-refractivity contribution in [1.82, 2.24) is 9.97 Å². The highest BCUT2D eigenvalue weighted by Crippen LogP contribution is 2.34. The van der Waals surface area contributed by atoms with Gasteiger partial charge in [-0.2, -0.15) is 0 Å². The molecule has 0 fully saturated rings. The van der Waals surface area contributed by atoms with Crippen molar-refractivity contribution in [3.05, 3.63) is 83.4 Å². The lowest BCUT2D eigenvalue weighted by molar-refractivity contribution is 0.101. The van der Waals surface area contributed by atoms with Crippen LogP contribution in [0.1, 0.15) is 17.3 Å². The second-order valence-electron chi connectivity index (χ2n) is 6.94. The van der Waals surface area contributed by atoms with Gasteiger partial charge in [0.05, 0.1) is 0 Å². The first-order chi connectivity index (χ1) is 14.6. The fourth-order valence-corrected chi connectivity index (χ4v) is 3.45. The highest BCUT2D eigenvalue weighted by Gasteiger charge is 2.17. The quantitative estimate of drug-likeness (QED) is 0.334. The van der Waals surface area contributed by atoms with E-state index in [1.54, 1.807) is 19.1 Å². The molecule has 30 heavy (non-hydrogen) atoms. The molecule has 2 aromatic heterocycles. The Morgan fingerprint density at radius 3 is 2.40 bits per heavy atom. The highest BCUT2D eigenvalue weighted by molar-refractivity contribution is 6.30. The number of nitrogens with zero attached hydrogens (tertiary/aromatic N) is 2. The number of ketones is 1. The van der Waals surface area contributed by atoms with Crippen LogP contribution in [-0.2, 0) is 0 Å². The third kappa shape index (κ3) is 3.29. The van der Waals surface area contributed by atoms with Crippen LogP contribution in [0.2, 0.25) is 5.02 Å². The molecule has 0 saturated heterocycles. The Balaban J connectivity index is 1.68. The number of carbonyl (C=O) groups is 1. The van der Waals surface area contributed by atoms with E-state index in [0.717, 1.165) is 27.7 Å². The molecule has 0 atom stereocenters. The molecule has 3 aromatic carbocycles. The number of para-hydroxylation sites is 1. The van der Waals surface area contributed by atoms with E-state index in [-0.39, 0.29) is 5.78 Å². The van der Waals surface area contributed by atoms with Crippen LogP contribution in [0, 0.1) is 0 Å². The summed E-state index contributed by atoms with van der Waals surface area (Å²) in [5.41, 5.74) is 4.34. The molecule has 0 radical (unpaired) electrons. The number of carbonyl (C=O) groups excluding carboxylic acids is 1. The first kappa shape index (κ1) is 18.3. The molecule has 5 rings (SSSR count). The van der Waals surface area contributed by atoms with Crippen LogP contribution in [0.25, 0.3) is 33.5 Å². The number of nitrogens with one attached hydrogen (secondary N) is 1. The summed E-state index contributed by atoms with van der Waals surface area (Å²) in [5.74, 6) is 1.14. The first-order valence-corrected chi connectivity index (χ1v) is 9.79. The normalized spacial score (nSPS) is 11.1. The van der Waals surface area contributed by atoms with Gasteiger partial charge in [-0.25, -0.2) is 9.97 Å². The van der Waals surface area contributed by atoms with Crippen molar-refractivity contribution in [1.29, 1.82) is 0 Å². The third-order valence-electron chi connectivity index (χ3n) is 4.88. The van der Waals surface area contributed by atoms with Gasteiger partial charge < -0.3 is 9.73 Å². The van der Waals surface area contributed by atoms with Crippen LogP contribution in [0.3, 0.4) is 0 Å². The number of halogens is 1. The zero-order chi connectivity index (χ0) is 20.7. The molecule has 0 amide bonds. The van der Waals surface area contributed by atoms with E-state index >= 15 is 0 Å². The molecule has 146 valence electrons. The molecule has 0 spiro atoms. The predicted molar refractivity (Wildman–Crippen MR) is 119 cm³/mol. The van der Waals surface area contributed by atoms with E-state index in [0.29, 0.717) is 27.8 Å². The molecule has 6 heteroatoms. The number of hydrogen-bond donors (Lipinski definition) is 1. The number of Topliss-reactive ketones (excluding diaryl/α,β-unsaturated/α-hetero) is 1. The number of fused-ring (bicyclic) bond motifs is 3. The molecular weight excluding hydrogens is 398 g/mol. The van der Waals surface area contributed by atoms with Crippen molar-refractivity contribution in [3.8, 4) is 11.4 Å². The summed E-state index contributed by atoms with van der Waals surface area (Å²) in [5, 5.41) is 4.88. The summed E-state index contributed by atoms with van der Waals surface area (Å²) >= 11 is 6.04. The maximum Gasteiger partial charge on any atom is 0.196 e. The lowest BCUT2D eigenvalue weighted by atomic mass is 10.1. The Morgan fingerprint density at radius 2 is 1.67 bits per heavy atom. The Bertz CT molecular complexity index is 1390. The van der Waals surface area contributed by atoms with E-state index in [1.165, 1.54) is 0 Å². The standard InChI is InChI=1S/C24H16ClN3O2/c1-14(29)15-8-12-18(13-9-15)26-24-22-21(19-4-2-3-5-20(19)30-22)27-23(28-24)16-6-10-17(25)11-7-16/h2-13H,1H3,(H,26,27,28). The zero-order valence-corrected chi connectivity index (χ0v) is 16.8. The molecule has 0 aliphatic heterocycles. The minimum atomic E-state index is 0.0216. The van der Waals surface area contributed by atoms with Crippen LogP contribution >= 0.6 is 11.6 Å². The summed E-state index contributed by atoms with van der Waals surface area (Å²) < 4.78 is 6.06. The summed E-state index contributed by atoms with van der Waals surface area (Å²) in [6.07, 6.45) is 0. The highest BCUT2D eigenvalue weighted by atomic mass is 35.5. The number of hydrogen-bond acceptors (Lipinski definition) is 5. The molecule has 0 aliphatic rings. The molecule has 0 aliphatic carbocycles. The number of aromatic nitrogens is 2. The van der Waals surface area contributed by atoms with Crippen molar-refractivity contribution < 1.29 is 9.21 Å². The molecular formula is C24H16ClN3O2. The molecule has 5 aromatic rings.